The van der Waals surface area contributed by atoms with Crippen LogP contribution in [0.1, 0.15) is 19.4 Å². The number of nitrogens with one attached hydrogen (secondary N) is 2. The minimum absolute atomic E-state index is 0.116. The fraction of sp³-hybridized carbons (Fsp3) is 0.188. The number of hydrogen-bond donors (Lipinski definition) is 2. The van der Waals surface area contributed by atoms with E-state index in [1.807, 2.05) is 0 Å². The van der Waals surface area contributed by atoms with Crippen molar-refractivity contribution >= 4 is 27.3 Å². The van der Waals surface area contributed by atoms with Gasteiger partial charge in [-0.3, -0.25) is 9.52 Å². The van der Waals surface area contributed by atoms with Crippen LogP contribution in [-0.2, 0) is 20.2 Å². The molecule has 8 heteroatoms. The Balaban J connectivity index is 2.00. The third-order valence-corrected chi connectivity index (χ3v) is 5.33. The number of anilines is 2. The first-order valence-corrected chi connectivity index (χ1v) is 8.53. The lowest BCUT2D eigenvalue weighted by Gasteiger charge is -2.16. The van der Waals surface area contributed by atoms with Crippen LogP contribution in [0, 0.1) is 11.6 Å². The van der Waals surface area contributed by atoms with Crippen LogP contribution in [0.15, 0.2) is 41.3 Å². The minimum atomic E-state index is -4.09. The van der Waals surface area contributed by atoms with E-state index in [1.54, 1.807) is 13.8 Å². The summed E-state index contributed by atoms with van der Waals surface area (Å²) in [5.41, 5.74) is -0.153. The molecule has 0 unspecified atom stereocenters. The molecule has 0 fully saturated rings. The monoisotopic (exact) mass is 352 g/mol. The van der Waals surface area contributed by atoms with Gasteiger partial charge in [-0.05, 0) is 49.7 Å². The van der Waals surface area contributed by atoms with Gasteiger partial charge in [0, 0.05) is 11.8 Å². The van der Waals surface area contributed by atoms with Crippen molar-refractivity contribution in [3.05, 3.63) is 53.6 Å². The van der Waals surface area contributed by atoms with Crippen molar-refractivity contribution < 1.29 is 22.0 Å². The van der Waals surface area contributed by atoms with Crippen molar-refractivity contribution in [1.82, 2.24) is 0 Å². The molecule has 1 aliphatic heterocycles. The molecule has 0 atom stereocenters. The highest BCUT2D eigenvalue weighted by Gasteiger charge is 2.39. The van der Waals surface area contributed by atoms with Crippen LogP contribution in [0.25, 0.3) is 0 Å². The van der Waals surface area contributed by atoms with E-state index in [1.165, 1.54) is 18.2 Å². The maximum atomic E-state index is 13.7. The molecule has 1 heterocycles. The number of hydrogen-bond acceptors (Lipinski definition) is 3. The molecular formula is C16H14F2N2O3S. The zero-order valence-corrected chi connectivity index (χ0v) is 13.7. The molecule has 1 amide bonds. The fourth-order valence-corrected chi connectivity index (χ4v) is 3.59. The van der Waals surface area contributed by atoms with Gasteiger partial charge in [0.15, 0.2) is 0 Å². The van der Waals surface area contributed by atoms with Gasteiger partial charge in [-0.25, -0.2) is 17.2 Å². The van der Waals surface area contributed by atoms with Gasteiger partial charge < -0.3 is 5.32 Å². The smallest absolute Gasteiger partial charge is 0.261 e. The summed E-state index contributed by atoms with van der Waals surface area (Å²) in [6.07, 6.45) is 0. The Bertz CT molecular complexity index is 956. The summed E-state index contributed by atoms with van der Waals surface area (Å²) in [7, 11) is -4.09. The number of benzene rings is 2. The first kappa shape index (κ1) is 16.4. The molecule has 1 aliphatic rings. The molecule has 0 bridgehead atoms. The van der Waals surface area contributed by atoms with Crippen LogP contribution >= 0.6 is 0 Å². The van der Waals surface area contributed by atoms with Gasteiger partial charge in [0.25, 0.3) is 10.0 Å². The maximum Gasteiger partial charge on any atom is 0.261 e. The topological polar surface area (TPSA) is 75.3 Å². The quantitative estimate of drug-likeness (QED) is 0.892. The first-order chi connectivity index (χ1) is 11.1. The lowest BCUT2D eigenvalue weighted by Crippen LogP contribution is -2.27. The molecule has 2 aromatic carbocycles. The van der Waals surface area contributed by atoms with Crippen LogP contribution in [0.2, 0.25) is 0 Å². The Hall–Kier alpha value is -2.48. The van der Waals surface area contributed by atoms with Gasteiger partial charge >= 0.3 is 0 Å². The molecule has 5 nitrogen and oxygen atoms in total. The first-order valence-electron chi connectivity index (χ1n) is 7.05. The number of carbonyl (C=O) groups is 1. The number of rotatable bonds is 3. The number of fused-ring (bicyclic) bond motifs is 1. The van der Waals surface area contributed by atoms with Crippen LogP contribution in [0.3, 0.4) is 0 Å². The lowest BCUT2D eigenvalue weighted by molar-refractivity contribution is -0.119. The van der Waals surface area contributed by atoms with Crippen LogP contribution in [0.4, 0.5) is 20.2 Å². The van der Waals surface area contributed by atoms with Crippen molar-refractivity contribution in [3.63, 3.8) is 0 Å². The standard InChI is InChI=1S/C16H14F2N2O3S/c1-16(2)11-8-10(4-6-13(11)19-15(16)21)24(22,23)20-14-5-3-9(17)7-12(14)18/h3-8,20H,1-2H3,(H,19,21). The average Bonchev–Trinajstić information content (AvgIpc) is 2.72. The molecule has 2 N–H and O–H groups in total. The largest absolute Gasteiger partial charge is 0.325 e. The number of amides is 1. The summed E-state index contributed by atoms with van der Waals surface area (Å²) in [5.74, 6) is -2.05. The fourth-order valence-electron chi connectivity index (χ4n) is 2.49. The Morgan fingerprint density at radius 2 is 1.79 bits per heavy atom. The highest BCUT2D eigenvalue weighted by Crippen LogP contribution is 2.38. The third kappa shape index (κ3) is 2.62. The summed E-state index contributed by atoms with van der Waals surface area (Å²) in [6, 6.07) is 6.71. The molecule has 0 saturated heterocycles. The summed E-state index contributed by atoms with van der Waals surface area (Å²) in [5, 5.41) is 2.68. The zero-order valence-electron chi connectivity index (χ0n) is 12.9. The maximum absolute atomic E-state index is 13.7. The summed E-state index contributed by atoms with van der Waals surface area (Å²) < 4.78 is 53.6. The van der Waals surface area contributed by atoms with Gasteiger partial charge in [0.2, 0.25) is 5.91 Å². The summed E-state index contributed by atoms with van der Waals surface area (Å²) in [6.45, 7) is 3.36. The Labute approximate surface area is 137 Å². The van der Waals surface area contributed by atoms with E-state index < -0.39 is 27.1 Å². The van der Waals surface area contributed by atoms with Gasteiger partial charge in [0.05, 0.1) is 16.0 Å². The molecule has 126 valence electrons. The second-order valence-electron chi connectivity index (χ2n) is 6.02. The summed E-state index contributed by atoms with van der Waals surface area (Å²) >= 11 is 0. The normalized spacial score (nSPS) is 15.8. The van der Waals surface area contributed by atoms with Crippen molar-refractivity contribution in [2.45, 2.75) is 24.2 Å². The van der Waals surface area contributed by atoms with E-state index in [0.717, 1.165) is 12.1 Å². The highest BCUT2D eigenvalue weighted by molar-refractivity contribution is 7.92. The van der Waals surface area contributed by atoms with Crippen LogP contribution in [-0.4, -0.2) is 14.3 Å². The second-order valence-corrected chi connectivity index (χ2v) is 7.70. The molecule has 24 heavy (non-hydrogen) atoms. The van der Waals surface area contributed by atoms with Crippen molar-refractivity contribution in [2.24, 2.45) is 0 Å². The lowest BCUT2D eigenvalue weighted by atomic mass is 9.86. The zero-order chi connectivity index (χ0) is 17.7. The predicted octanol–water partition coefficient (Wildman–Crippen LogP) is 3.00. The van der Waals surface area contributed by atoms with Crippen molar-refractivity contribution in [1.29, 1.82) is 0 Å². The van der Waals surface area contributed by atoms with E-state index in [9.17, 15) is 22.0 Å². The number of carbonyl (C=O) groups excluding carboxylic acids is 1. The predicted molar refractivity (Wildman–Crippen MR) is 85.3 cm³/mol. The van der Waals surface area contributed by atoms with Crippen LogP contribution in [0.5, 0.6) is 0 Å². The van der Waals surface area contributed by atoms with Gasteiger partial charge in [-0.2, -0.15) is 0 Å². The molecule has 0 aliphatic carbocycles. The summed E-state index contributed by atoms with van der Waals surface area (Å²) in [4.78, 5) is 11.8. The Kier molecular flexibility index (Phi) is 3.60. The molecule has 0 radical (unpaired) electrons. The number of sulfonamides is 1. The van der Waals surface area contributed by atoms with Gasteiger partial charge in [0.1, 0.15) is 11.6 Å². The molecular weight excluding hydrogens is 338 g/mol. The molecule has 0 saturated carbocycles. The van der Waals surface area contributed by atoms with E-state index in [2.05, 4.69) is 10.0 Å². The Morgan fingerprint density at radius 1 is 1.08 bits per heavy atom. The van der Waals surface area contributed by atoms with E-state index in [-0.39, 0.29) is 16.5 Å². The Morgan fingerprint density at radius 3 is 2.46 bits per heavy atom. The number of halogens is 2. The molecule has 0 spiro atoms. The van der Waals surface area contributed by atoms with Crippen LogP contribution < -0.4 is 10.0 Å². The van der Waals surface area contributed by atoms with E-state index in [0.29, 0.717) is 17.3 Å². The second kappa shape index (κ2) is 5.27. The average molecular weight is 352 g/mol. The van der Waals surface area contributed by atoms with E-state index >= 15 is 0 Å². The van der Waals surface area contributed by atoms with E-state index in [4.69, 9.17) is 0 Å². The minimum Gasteiger partial charge on any atom is -0.325 e. The third-order valence-electron chi connectivity index (χ3n) is 3.97. The van der Waals surface area contributed by atoms with Crippen molar-refractivity contribution in [2.75, 3.05) is 10.0 Å². The van der Waals surface area contributed by atoms with Gasteiger partial charge in [-0.1, -0.05) is 0 Å². The van der Waals surface area contributed by atoms with Crippen molar-refractivity contribution in [3.8, 4) is 0 Å². The molecule has 3 rings (SSSR count). The molecule has 2 aromatic rings. The molecule has 0 aromatic heterocycles. The highest BCUT2D eigenvalue weighted by atomic mass is 32.2. The van der Waals surface area contributed by atoms with Gasteiger partial charge in [-0.15, -0.1) is 0 Å². The SMILES string of the molecule is CC1(C)C(=O)Nc2ccc(S(=O)(=O)Nc3ccc(F)cc3F)cc21.